The van der Waals surface area contributed by atoms with Crippen molar-refractivity contribution in [2.45, 2.75) is 0 Å². The van der Waals surface area contributed by atoms with E-state index in [1.54, 1.807) is 0 Å². The third-order valence-corrected chi connectivity index (χ3v) is 12.9. The molecule has 0 bridgehead atoms. The number of hydrogen-bond acceptors (Lipinski definition) is 20. The molecule has 0 unspecified atom stereocenters. The van der Waals surface area contributed by atoms with Gasteiger partial charge in [-0.3, -0.25) is 19.2 Å². The fourth-order valence-electron chi connectivity index (χ4n) is 9.22. The van der Waals surface area contributed by atoms with Crippen molar-refractivity contribution in [3.63, 3.8) is 0 Å². The fourth-order valence-corrected chi connectivity index (χ4v) is 9.22. The van der Waals surface area contributed by atoms with Crippen LogP contribution in [0.3, 0.4) is 0 Å². The van der Waals surface area contributed by atoms with Gasteiger partial charge in [0.05, 0.1) is 11.1 Å². The third kappa shape index (κ3) is 8.86. The molecule has 8 aromatic carbocycles. The number of benzene rings is 8. The second kappa shape index (κ2) is 19.1. The van der Waals surface area contributed by atoms with E-state index in [0.717, 1.165) is 54.6 Å². The highest BCUT2D eigenvalue weighted by atomic mass is 16.4. The molecule has 12 aromatic rings. The molecule has 4 aromatic heterocycles. The zero-order valence-corrected chi connectivity index (χ0v) is 40.5. The monoisotopic (exact) mass is 1080 g/mol. The number of phenolic OH excluding ortho intramolecular Hbond substituents is 12. The van der Waals surface area contributed by atoms with Crippen molar-refractivity contribution < 1.29 is 78.9 Å². The maximum atomic E-state index is 13.0. The second-order valence-corrected chi connectivity index (χ2v) is 18.1. The molecule has 0 saturated heterocycles. The van der Waals surface area contributed by atoms with E-state index in [0.29, 0.717) is 11.1 Å². The van der Waals surface area contributed by atoms with Gasteiger partial charge in [0.1, 0.15) is 130 Å². The van der Waals surface area contributed by atoms with E-state index in [2.05, 4.69) is 0 Å². The Kier molecular flexibility index (Phi) is 12.0. The predicted octanol–water partition coefficient (Wildman–Crippen LogP) is 10.3. The van der Waals surface area contributed by atoms with Gasteiger partial charge in [-0.15, -0.1) is 0 Å². The lowest BCUT2D eigenvalue weighted by Crippen LogP contribution is -2.02. The summed E-state index contributed by atoms with van der Waals surface area (Å²) in [6, 6.07) is 30.7. The maximum absolute atomic E-state index is 13.0. The van der Waals surface area contributed by atoms with E-state index in [1.165, 1.54) is 91.0 Å². The summed E-state index contributed by atoms with van der Waals surface area (Å²) in [5, 5.41) is 123. The highest BCUT2D eigenvalue weighted by Crippen LogP contribution is 2.48. The van der Waals surface area contributed by atoms with Gasteiger partial charge in [0.25, 0.3) is 0 Å². The summed E-state index contributed by atoms with van der Waals surface area (Å²) >= 11 is 0. The molecule has 0 spiro atoms. The first-order valence-corrected chi connectivity index (χ1v) is 23.5. The molecule has 396 valence electrons. The van der Waals surface area contributed by atoms with E-state index in [4.69, 9.17) is 17.7 Å². The van der Waals surface area contributed by atoms with Crippen LogP contribution < -0.4 is 21.7 Å². The summed E-state index contributed by atoms with van der Waals surface area (Å²) < 4.78 is 23.2. The normalized spacial score (nSPS) is 11.3. The molecular weight excluding hydrogens is 1040 g/mol. The van der Waals surface area contributed by atoms with Crippen LogP contribution in [0.5, 0.6) is 69.0 Å². The lowest BCUT2D eigenvalue weighted by atomic mass is 9.97. The standard InChI is InChI=1S/2C30H18O10/c31-15-4-1-13(2-5-15)23-11-22(37)29-26(39-23)12-20(35)27(30(29)38)17-7-14(3-6-18(17)33)24-10-21(36)28-19(34)8-16(32)9-25(28)40-24;31-15-4-1-13(2-5-15)24-12-23(38)29-21(36)10-20(35)27(30(29)40-24)17-7-14(3-6-18(17)33)25-11-22(37)28-19(34)8-16(32)9-26(28)39-25/h1-12,31-35,38H;1-12,31-36H. The molecule has 12 N–H and O–H groups in total. The molecule has 12 rings (SSSR count). The van der Waals surface area contributed by atoms with Crippen LogP contribution in [-0.4, -0.2) is 61.3 Å². The van der Waals surface area contributed by atoms with Crippen LogP contribution in [-0.2, 0) is 0 Å². The molecule has 0 fully saturated rings. The molecule has 0 radical (unpaired) electrons. The van der Waals surface area contributed by atoms with Crippen LogP contribution in [0.2, 0.25) is 0 Å². The van der Waals surface area contributed by atoms with Gasteiger partial charge >= 0.3 is 0 Å². The Balaban J connectivity index is 0.000000169. The van der Waals surface area contributed by atoms with Crippen LogP contribution in [0.25, 0.3) is 111 Å². The predicted molar refractivity (Wildman–Crippen MR) is 290 cm³/mol. The molecule has 0 amide bonds. The zero-order chi connectivity index (χ0) is 56.6. The Morgan fingerprint density at radius 1 is 0.263 bits per heavy atom. The first-order valence-electron chi connectivity index (χ1n) is 23.5. The minimum absolute atomic E-state index is 0.00146. The molecule has 0 aliphatic carbocycles. The minimum Gasteiger partial charge on any atom is -0.508 e. The van der Waals surface area contributed by atoms with Gasteiger partial charge in [-0.25, -0.2) is 0 Å². The lowest BCUT2D eigenvalue weighted by Gasteiger charge is -2.14. The van der Waals surface area contributed by atoms with Gasteiger partial charge < -0.3 is 78.9 Å². The Bertz CT molecular complexity index is 4800. The summed E-state index contributed by atoms with van der Waals surface area (Å²) in [5.41, 5.74) is -2.06. The van der Waals surface area contributed by atoms with Crippen molar-refractivity contribution in [2.24, 2.45) is 0 Å². The number of hydrogen-bond donors (Lipinski definition) is 12. The topological polar surface area (TPSA) is 364 Å². The van der Waals surface area contributed by atoms with E-state index < -0.39 is 56.2 Å². The quantitative estimate of drug-likeness (QED) is 0.0736. The minimum atomic E-state index is -0.650. The summed E-state index contributed by atoms with van der Waals surface area (Å²) in [7, 11) is 0. The second-order valence-electron chi connectivity index (χ2n) is 18.1. The lowest BCUT2D eigenvalue weighted by molar-refractivity contribution is 0.450. The average Bonchev–Trinajstić information content (AvgIpc) is 3.40. The molecule has 0 atom stereocenters. The largest absolute Gasteiger partial charge is 0.508 e. The summed E-state index contributed by atoms with van der Waals surface area (Å²) in [6.45, 7) is 0. The van der Waals surface area contributed by atoms with Crippen LogP contribution >= 0.6 is 0 Å². The molecule has 0 aliphatic heterocycles. The Hall–Kier alpha value is -11.8. The van der Waals surface area contributed by atoms with Crippen molar-refractivity contribution in [2.75, 3.05) is 0 Å². The van der Waals surface area contributed by atoms with Crippen molar-refractivity contribution in [1.29, 1.82) is 0 Å². The molecule has 20 heteroatoms. The van der Waals surface area contributed by atoms with E-state index >= 15 is 0 Å². The Morgan fingerprint density at radius 2 is 0.625 bits per heavy atom. The SMILES string of the molecule is O=c1cc(-c2ccc(O)c(-c3c(O)cc(O)c4c(=O)cc(-c5ccc(O)cc5)oc34)c2)oc2cc(O)cc(O)c12.O=c1cc(-c2ccc(O)c(-c3c(O)cc4oc(-c5ccc(O)cc5)cc(=O)c4c3O)c2)oc2cc(O)cc(O)c12. The highest BCUT2D eigenvalue weighted by molar-refractivity contribution is 6.02. The Labute approximate surface area is 444 Å². The first kappa shape index (κ1) is 50.4. The molecule has 20 nitrogen and oxygen atoms in total. The highest BCUT2D eigenvalue weighted by Gasteiger charge is 2.25. The van der Waals surface area contributed by atoms with Gasteiger partial charge in [0.15, 0.2) is 27.3 Å². The van der Waals surface area contributed by atoms with Crippen molar-refractivity contribution in [3.05, 3.63) is 186 Å². The molecule has 80 heavy (non-hydrogen) atoms. The van der Waals surface area contributed by atoms with Crippen molar-refractivity contribution >= 4 is 43.9 Å². The van der Waals surface area contributed by atoms with Crippen LogP contribution in [0.4, 0.5) is 0 Å². The van der Waals surface area contributed by atoms with Crippen LogP contribution in [0.15, 0.2) is 182 Å². The average molecular weight is 1080 g/mol. The number of fused-ring (bicyclic) bond motifs is 4. The molecule has 0 aliphatic rings. The molecular formula is C60H36O20. The van der Waals surface area contributed by atoms with Gasteiger partial charge in [-0.1, -0.05) is 0 Å². The number of rotatable bonds is 6. The zero-order valence-electron chi connectivity index (χ0n) is 40.5. The summed E-state index contributed by atoms with van der Waals surface area (Å²) in [6.07, 6.45) is 0. The van der Waals surface area contributed by atoms with Crippen molar-refractivity contribution in [3.8, 4) is 137 Å². The van der Waals surface area contributed by atoms with E-state index in [1.807, 2.05) is 0 Å². The Morgan fingerprint density at radius 3 is 1.10 bits per heavy atom. The first-order chi connectivity index (χ1) is 38.2. The summed E-state index contributed by atoms with van der Waals surface area (Å²) in [5.74, 6) is -4.25. The fraction of sp³-hybridized carbons (Fsp3) is 0. The number of phenols is 12. The van der Waals surface area contributed by atoms with Gasteiger partial charge in [0, 0.05) is 94.0 Å². The van der Waals surface area contributed by atoms with Gasteiger partial charge in [-0.2, -0.15) is 0 Å². The number of aromatic hydroxyl groups is 12. The van der Waals surface area contributed by atoms with E-state index in [9.17, 15) is 80.5 Å². The molecule has 0 saturated carbocycles. The van der Waals surface area contributed by atoms with Crippen LogP contribution in [0, 0.1) is 0 Å². The van der Waals surface area contributed by atoms with Crippen LogP contribution in [0.1, 0.15) is 0 Å². The van der Waals surface area contributed by atoms with Crippen molar-refractivity contribution in [1.82, 2.24) is 0 Å². The van der Waals surface area contributed by atoms with Gasteiger partial charge in [0.2, 0.25) is 0 Å². The molecule has 4 heterocycles. The third-order valence-electron chi connectivity index (χ3n) is 12.9. The maximum Gasteiger partial charge on any atom is 0.197 e. The van der Waals surface area contributed by atoms with E-state index in [-0.39, 0.29) is 135 Å². The summed E-state index contributed by atoms with van der Waals surface area (Å²) in [4.78, 5) is 51.5. The van der Waals surface area contributed by atoms with Gasteiger partial charge in [-0.05, 0) is 84.9 Å². The smallest absolute Gasteiger partial charge is 0.197 e.